The lowest BCUT2D eigenvalue weighted by Crippen LogP contribution is -2.21. The average Bonchev–Trinajstić information content (AvgIpc) is 2.71. The summed E-state index contributed by atoms with van der Waals surface area (Å²) in [5.41, 5.74) is 7.73. The van der Waals surface area contributed by atoms with Crippen LogP contribution in [-0.4, -0.2) is 24.8 Å². The summed E-state index contributed by atoms with van der Waals surface area (Å²) in [5.74, 6) is 0.573. The van der Waals surface area contributed by atoms with Crippen LogP contribution in [0.2, 0.25) is 5.02 Å². The molecular weight excluding hydrogens is 224 g/mol. The van der Waals surface area contributed by atoms with E-state index in [2.05, 4.69) is 4.90 Å². The van der Waals surface area contributed by atoms with Crippen LogP contribution < -0.4 is 10.6 Å². The summed E-state index contributed by atoms with van der Waals surface area (Å²) in [6, 6.07) is 5.57. The van der Waals surface area contributed by atoms with Crippen molar-refractivity contribution >= 4 is 23.0 Å². The normalized spacial score (nSPS) is 20.4. The van der Waals surface area contributed by atoms with Crippen LogP contribution in [0.15, 0.2) is 18.2 Å². The Labute approximate surface area is 101 Å². The van der Waals surface area contributed by atoms with Crippen molar-refractivity contribution in [3.63, 3.8) is 0 Å². The second-order valence-corrected chi connectivity index (χ2v) is 4.75. The molecule has 0 amide bonds. The molecular formula is C12H17ClN2O. The van der Waals surface area contributed by atoms with Crippen LogP contribution >= 0.6 is 11.6 Å². The monoisotopic (exact) mass is 240 g/mol. The van der Waals surface area contributed by atoms with E-state index in [1.807, 2.05) is 18.2 Å². The fraction of sp³-hybridized carbons (Fsp3) is 0.500. The predicted octanol–water partition coefficient (Wildman–Crippen LogP) is 2.13. The Bertz CT molecular complexity index is 370. The Morgan fingerprint density at radius 2 is 2.31 bits per heavy atom. The van der Waals surface area contributed by atoms with Crippen molar-refractivity contribution < 1.29 is 5.11 Å². The number of hydrogen-bond acceptors (Lipinski definition) is 3. The number of aliphatic hydroxyl groups excluding tert-OH is 1. The van der Waals surface area contributed by atoms with Crippen molar-refractivity contribution in [2.75, 3.05) is 30.3 Å². The van der Waals surface area contributed by atoms with Gasteiger partial charge in [-0.3, -0.25) is 0 Å². The lowest BCUT2D eigenvalue weighted by atomic mass is 10.1. The van der Waals surface area contributed by atoms with Gasteiger partial charge in [-0.25, -0.2) is 0 Å². The number of anilines is 2. The number of benzene rings is 1. The first-order chi connectivity index (χ1) is 7.70. The van der Waals surface area contributed by atoms with Gasteiger partial charge in [-0.2, -0.15) is 0 Å². The SMILES string of the molecule is Nc1ccc(Cl)cc1N1CCC(CCO)C1. The van der Waals surface area contributed by atoms with Crippen LogP contribution in [0.3, 0.4) is 0 Å². The zero-order valence-electron chi connectivity index (χ0n) is 9.19. The van der Waals surface area contributed by atoms with Gasteiger partial charge >= 0.3 is 0 Å². The molecule has 1 fully saturated rings. The first-order valence-corrected chi connectivity index (χ1v) is 5.99. The van der Waals surface area contributed by atoms with Gasteiger partial charge in [0.15, 0.2) is 0 Å². The van der Waals surface area contributed by atoms with E-state index in [1.54, 1.807) is 0 Å². The highest BCUT2D eigenvalue weighted by molar-refractivity contribution is 6.31. The summed E-state index contributed by atoms with van der Waals surface area (Å²) in [4.78, 5) is 2.25. The zero-order valence-corrected chi connectivity index (χ0v) is 9.95. The number of aliphatic hydroxyl groups is 1. The van der Waals surface area contributed by atoms with E-state index in [0.29, 0.717) is 5.92 Å². The minimum Gasteiger partial charge on any atom is -0.397 e. The summed E-state index contributed by atoms with van der Waals surface area (Å²) in [5, 5.41) is 9.64. The van der Waals surface area contributed by atoms with E-state index >= 15 is 0 Å². The third-order valence-corrected chi connectivity index (χ3v) is 3.39. The number of hydrogen-bond donors (Lipinski definition) is 2. The lowest BCUT2D eigenvalue weighted by molar-refractivity contribution is 0.263. The average molecular weight is 241 g/mol. The van der Waals surface area contributed by atoms with Gasteiger partial charge in [-0.05, 0) is 37.0 Å². The Morgan fingerprint density at radius 3 is 3.06 bits per heavy atom. The highest BCUT2D eigenvalue weighted by atomic mass is 35.5. The highest BCUT2D eigenvalue weighted by Gasteiger charge is 2.23. The molecule has 0 aromatic heterocycles. The van der Waals surface area contributed by atoms with Crippen molar-refractivity contribution in [2.24, 2.45) is 5.92 Å². The summed E-state index contributed by atoms with van der Waals surface area (Å²) < 4.78 is 0. The predicted molar refractivity (Wildman–Crippen MR) is 67.9 cm³/mol. The Kier molecular flexibility index (Phi) is 3.56. The molecule has 0 saturated carbocycles. The Hall–Kier alpha value is -0.930. The molecule has 3 N–H and O–H groups in total. The summed E-state index contributed by atoms with van der Waals surface area (Å²) in [6.45, 7) is 2.23. The van der Waals surface area contributed by atoms with Crippen LogP contribution in [0.4, 0.5) is 11.4 Å². The van der Waals surface area contributed by atoms with Gasteiger partial charge < -0.3 is 15.7 Å². The topological polar surface area (TPSA) is 49.5 Å². The lowest BCUT2D eigenvalue weighted by Gasteiger charge is -2.20. The molecule has 1 aromatic carbocycles. The van der Waals surface area contributed by atoms with E-state index < -0.39 is 0 Å². The fourth-order valence-corrected chi connectivity index (χ4v) is 2.43. The number of rotatable bonds is 3. The second kappa shape index (κ2) is 4.93. The van der Waals surface area contributed by atoms with Crippen molar-refractivity contribution in [1.82, 2.24) is 0 Å². The zero-order chi connectivity index (χ0) is 11.5. The molecule has 1 saturated heterocycles. The number of nitrogen functional groups attached to an aromatic ring is 1. The van der Waals surface area contributed by atoms with Crippen molar-refractivity contribution in [2.45, 2.75) is 12.8 Å². The highest BCUT2D eigenvalue weighted by Crippen LogP contribution is 2.31. The van der Waals surface area contributed by atoms with Gasteiger partial charge in [0, 0.05) is 24.7 Å². The standard InChI is InChI=1S/C12H17ClN2O/c13-10-1-2-11(14)12(7-10)15-5-3-9(8-15)4-6-16/h1-2,7,9,16H,3-6,8,14H2. The largest absolute Gasteiger partial charge is 0.397 e. The smallest absolute Gasteiger partial charge is 0.0614 e. The molecule has 0 bridgehead atoms. The van der Waals surface area contributed by atoms with Crippen LogP contribution in [0, 0.1) is 5.92 Å². The summed E-state index contributed by atoms with van der Waals surface area (Å²) in [6.07, 6.45) is 1.99. The molecule has 0 aliphatic carbocycles. The van der Waals surface area contributed by atoms with Crippen LogP contribution in [-0.2, 0) is 0 Å². The van der Waals surface area contributed by atoms with E-state index in [9.17, 15) is 0 Å². The van der Waals surface area contributed by atoms with Crippen LogP contribution in [0.25, 0.3) is 0 Å². The van der Waals surface area contributed by atoms with Crippen molar-refractivity contribution in [3.05, 3.63) is 23.2 Å². The Balaban J connectivity index is 2.11. The molecule has 1 aliphatic rings. The minimum atomic E-state index is 0.267. The van der Waals surface area contributed by atoms with E-state index in [1.165, 1.54) is 0 Å². The van der Waals surface area contributed by atoms with Gasteiger partial charge in [0.05, 0.1) is 11.4 Å². The van der Waals surface area contributed by atoms with E-state index in [4.69, 9.17) is 22.4 Å². The molecule has 2 rings (SSSR count). The molecule has 3 nitrogen and oxygen atoms in total. The number of halogens is 1. The third-order valence-electron chi connectivity index (χ3n) is 3.16. The molecule has 0 spiro atoms. The summed E-state index contributed by atoms with van der Waals surface area (Å²) in [7, 11) is 0. The van der Waals surface area contributed by atoms with Gasteiger partial charge in [-0.15, -0.1) is 0 Å². The summed E-state index contributed by atoms with van der Waals surface area (Å²) >= 11 is 5.97. The molecule has 1 unspecified atom stereocenters. The fourth-order valence-electron chi connectivity index (χ4n) is 2.26. The molecule has 1 heterocycles. The van der Waals surface area contributed by atoms with E-state index in [0.717, 1.165) is 42.3 Å². The maximum absolute atomic E-state index is 8.92. The molecule has 1 aromatic rings. The molecule has 0 radical (unpaired) electrons. The Morgan fingerprint density at radius 1 is 1.50 bits per heavy atom. The van der Waals surface area contributed by atoms with Crippen molar-refractivity contribution in [1.29, 1.82) is 0 Å². The van der Waals surface area contributed by atoms with E-state index in [-0.39, 0.29) is 6.61 Å². The van der Waals surface area contributed by atoms with Crippen LogP contribution in [0.5, 0.6) is 0 Å². The first-order valence-electron chi connectivity index (χ1n) is 5.61. The third kappa shape index (κ3) is 2.42. The minimum absolute atomic E-state index is 0.267. The molecule has 88 valence electrons. The molecule has 1 aliphatic heterocycles. The molecule has 16 heavy (non-hydrogen) atoms. The maximum atomic E-state index is 8.92. The van der Waals surface area contributed by atoms with Crippen LogP contribution in [0.1, 0.15) is 12.8 Å². The quantitative estimate of drug-likeness (QED) is 0.796. The maximum Gasteiger partial charge on any atom is 0.0614 e. The van der Waals surface area contributed by atoms with Gasteiger partial charge in [0.25, 0.3) is 0 Å². The molecule has 4 heteroatoms. The van der Waals surface area contributed by atoms with Crippen molar-refractivity contribution in [3.8, 4) is 0 Å². The van der Waals surface area contributed by atoms with Gasteiger partial charge in [0.1, 0.15) is 0 Å². The molecule has 1 atom stereocenters. The number of nitrogens with zero attached hydrogens (tertiary/aromatic N) is 1. The second-order valence-electron chi connectivity index (χ2n) is 4.32. The van der Waals surface area contributed by atoms with Gasteiger partial charge in [-0.1, -0.05) is 11.6 Å². The first kappa shape index (κ1) is 11.6. The van der Waals surface area contributed by atoms with Gasteiger partial charge in [0.2, 0.25) is 0 Å². The number of nitrogens with two attached hydrogens (primary N) is 1.